The molecule has 0 spiro atoms. The number of nitro groups is 1. The van der Waals surface area contributed by atoms with Gasteiger partial charge in [0.1, 0.15) is 4.33 Å². The van der Waals surface area contributed by atoms with E-state index in [2.05, 4.69) is 247 Å². The number of hydrogen-bond acceptors (Lipinski definition) is 3. The minimum Gasteiger partial charge on any atom is -0.251 e. The van der Waals surface area contributed by atoms with E-state index in [9.17, 15) is 10.1 Å². The SMILES string of the molecule is Cc1cccc(C)c1-c1cc(-c2c(C)cccc2C)cc(C(S[N+](=O)[O-])(c2cc(-c3c(C)cccc3C)cc(-c3c(C)cccc3C)c2)c2cc(-c3c(C)cccc3C)cc(-c3c(C)cccc3C)c2)c1. The van der Waals surface area contributed by atoms with Crippen molar-refractivity contribution in [3.8, 4) is 66.8 Å². The van der Waals surface area contributed by atoms with Gasteiger partial charge in [0.25, 0.3) is 0 Å². The Labute approximate surface area is 426 Å². The van der Waals surface area contributed by atoms with Gasteiger partial charge >= 0.3 is 0 Å². The van der Waals surface area contributed by atoms with E-state index in [4.69, 9.17) is 0 Å². The lowest BCUT2D eigenvalue weighted by Gasteiger charge is -2.33. The summed E-state index contributed by atoms with van der Waals surface area (Å²) in [6, 6.07) is 59.2. The van der Waals surface area contributed by atoms with Crippen LogP contribution in [-0.2, 0) is 4.75 Å². The summed E-state index contributed by atoms with van der Waals surface area (Å²) in [6.07, 6.45) is 0. The third kappa shape index (κ3) is 9.07. The summed E-state index contributed by atoms with van der Waals surface area (Å²) in [5.41, 5.74) is 29.1. The van der Waals surface area contributed by atoms with Crippen molar-refractivity contribution in [2.24, 2.45) is 0 Å². The Balaban J connectivity index is 1.56. The minimum absolute atomic E-state index is 0.154. The first-order valence-electron chi connectivity index (χ1n) is 24.7. The molecule has 9 aromatic carbocycles. The summed E-state index contributed by atoms with van der Waals surface area (Å²) in [5, 5.41) is 14.3. The number of rotatable bonds is 11. The average Bonchev–Trinajstić information content (AvgIpc) is 3.30. The molecule has 0 aliphatic carbocycles. The van der Waals surface area contributed by atoms with Crippen LogP contribution in [0.4, 0.5) is 0 Å². The van der Waals surface area contributed by atoms with Crippen molar-refractivity contribution >= 4 is 11.9 Å². The van der Waals surface area contributed by atoms with Gasteiger partial charge in [-0.05, 0) is 288 Å². The number of nitrogens with zero attached hydrogens (tertiary/aromatic N) is 1. The van der Waals surface area contributed by atoms with Gasteiger partial charge in [-0.15, -0.1) is 0 Å². The maximum absolute atomic E-state index is 14.3. The smallest absolute Gasteiger partial charge is 0.249 e. The van der Waals surface area contributed by atoms with Gasteiger partial charge in [-0.1, -0.05) is 109 Å². The first-order valence-corrected chi connectivity index (χ1v) is 25.4. The molecule has 0 fully saturated rings. The Morgan fingerprint density at radius 2 is 0.451 bits per heavy atom. The largest absolute Gasteiger partial charge is 0.251 e. The van der Waals surface area contributed by atoms with Crippen molar-refractivity contribution < 1.29 is 4.33 Å². The zero-order valence-electron chi connectivity index (χ0n) is 43.3. The van der Waals surface area contributed by atoms with Crippen molar-refractivity contribution in [3.63, 3.8) is 0 Å². The van der Waals surface area contributed by atoms with Crippen LogP contribution in [0.5, 0.6) is 0 Å². The summed E-state index contributed by atoms with van der Waals surface area (Å²) in [7, 11) is 0. The van der Waals surface area contributed by atoms with Gasteiger partial charge in [0.15, 0.2) is 4.75 Å². The maximum atomic E-state index is 14.3. The van der Waals surface area contributed by atoms with E-state index >= 15 is 0 Å². The molecule has 0 aliphatic rings. The van der Waals surface area contributed by atoms with Crippen LogP contribution in [0, 0.1) is 93.2 Å². The van der Waals surface area contributed by atoms with Crippen molar-refractivity contribution in [2.75, 3.05) is 0 Å². The van der Waals surface area contributed by atoms with Gasteiger partial charge in [0.2, 0.25) is 11.9 Å². The molecule has 71 heavy (non-hydrogen) atoms. The summed E-state index contributed by atoms with van der Waals surface area (Å²) in [5.74, 6) is 0. The second-order valence-corrected chi connectivity index (χ2v) is 21.1. The monoisotopic (exact) mass is 945 g/mol. The highest BCUT2D eigenvalue weighted by molar-refractivity contribution is 7.94. The molecule has 0 radical (unpaired) electrons. The summed E-state index contributed by atoms with van der Waals surface area (Å²) in [6.45, 7) is 26.0. The Kier molecular flexibility index (Phi) is 13.4. The molecular formula is C67H63NO2S. The van der Waals surface area contributed by atoms with E-state index in [1.54, 1.807) is 0 Å². The van der Waals surface area contributed by atoms with Crippen LogP contribution in [0.15, 0.2) is 164 Å². The van der Waals surface area contributed by atoms with Crippen LogP contribution in [0.25, 0.3) is 66.8 Å². The molecule has 0 amide bonds. The van der Waals surface area contributed by atoms with Gasteiger partial charge < -0.3 is 0 Å². The predicted molar refractivity (Wildman–Crippen MR) is 303 cm³/mol. The third-order valence-corrected chi connectivity index (χ3v) is 16.0. The molecule has 0 aromatic heterocycles. The van der Waals surface area contributed by atoms with Crippen LogP contribution < -0.4 is 0 Å². The van der Waals surface area contributed by atoms with E-state index in [0.29, 0.717) is 0 Å². The minimum atomic E-state index is -1.43. The van der Waals surface area contributed by atoms with E-state index in [1.165, 1.54) is 0 Å². The summed E-state index contributed by atoms with van der Waals surface area (Å²) in [4.78, 5) is 14.3. The first-order chi connectivity index (χ1) is 34.0. The Hall–Kier alpha value is -7.27. The fraction of sp³-hybridized carbons (Fsp3) is 0.194. The van der Waals surface area contributed by atoms with Crippen LogP contribution in [0.2, 0.25) is 0 Å². The van der Waals surface area contributed by atoms with Gasteiger partial charge in [0, 0.05) is 0 Å². The molecule has 9 aromatic rings. The Bertz CT molecular complexity index is 2890. The number of aryl methyl sites for hydroxylation is 12. The lowest BCUT2D eigenvalue weighted by atomic mass is 9.76. The fourth-order valence-electron chi connectivity index (χ4n) is 11.7. The molecule has 0 N–H and O–H groups in total. The lowest BCUT2D eigenvalue weighted by molar-refractivity contribution is -0.286. The highest BCUT2D eigenvalue weighted by Gasteiger charge is 2.46. The highest BCUT2D eigenvalue weighted by Crippen LogP contribution is 2.54. The van der Waals surface area contributed by atoms with E-state index in [1.807, 2.05) is 0 Å². The fourth-order valence-corrected chi connectivity index (χ4v) is 12.6. The normalized spacial score (nSPS) is 11.5. The van der Waals surface area contributed by atoms with Crippen LogP contribution in [-0.4, -0.2) is 4.33 Å². The molecular weight excluding hydrogens is 883 g/mol. The Morgan fingerprint density at radius 3 is 0.592 bits per heavy atom. The molecule has 0 saturated heterocycles. The molecule has 354 valence electrons. The second-order valence-electron chi connectivity index (χ2n) is 20.0. The maximum Gasteiger partial charge on any atom is 0.249 e. The highest BCUT2D eigenvalue weighted by atomic mass is 32.2. The zero-order valence-corrected chi connectivity index (χ0v) is 44.1. The first kappa shape index (κ1) is 48.7. The van der Waals surface area contributed by atoms with Crippen LogP contribution in [0.1, 0.15) is 83.5 Å². The van der Waals surface area contributed by atoms with E-state index in [-0.39, 0.29) is 4.33 Å². The Morgan fingerprint density at radius 1 is 0.296 bits per heavy atom. The van der Waals surface area contributed by atoms with Crippen molar-refractivity contribution in [3.05, 3.63) is 257 Å². The summed E-state index contributed by atoms with van der Waals surface area (Å²) >= 11 is 0.802. The molecule has 0 unspecified atom stereocenters. The van der Waals surface area contributed by atoms with Gasteiger partial charge in [0.05, 0.1) is 0 Å². The molecule has 0 bridgehead atoms. The molecule has 0 saturated carbocycles. The van der Waals surface area contributed by atoms with Crippen molar-refractivity contribution in [1.82, 2.24) is 0 Å². The molecule has 3 nitrogen and oxygen atoms in total. The standard InChI is InChI=1S/C67H63NO2S/c1-40-19-13-20-41(2)61(40)52-31-53(62-42(3)21-14-22-43(62)4)35-58(34-52)67(71-68(69)70,59-36-54(63-44(5)23-15-24-45(63)6)32-55(37-59)64-46(7)25-16-26-47(64)8)60-38-56(65-48(9)27-17-28-49(65)10)33-57(39-60)66-50(11)29-18-30-51(66)12/h13-39H,1-12H3. The lowest BCUT2D eigenvalue weighted by Crippen LogP contribution is -2.28. The van der Waals surface area contributed by atoms with Gasteiger partial charge in [-0.3, -0.25) is 10.1 Å². The van der Waals surface area contributed by atoms with E-state index < -0.39 is 4.75 Å². The van der Waals surface area contributed by atoms with Crippen LogP contribution in [0.3, 0.4) is 0 Å². The van der Waals surface area contributed by atoms with E-state index in [0.717, 1.165) is 162 Å². The summed E-state index contributed by atoms with van der Waals surface area (Å²) < 4.78 is -1.59. The van der Waals surface area contributed by atoms with Crippen LogP contribution >= 0.6 is 11.9 Å². The molecule has 0 heterocycles. The third-order valence-electron chi connectivity index (χ3n) is 14.8. The predicted octanol–water partition coefficient (Wildman–Crippen LogP) is 18.6. The zero-order chi connectivity index (χ0) is 50.5. The molecule has 0 atom stereocenters. The molecule has 9 rings (SSSR count). The average molecular weight is 946 g/mol. The van der Waals surface area contributed by atoms with Gasteiger partial charge in [-0.2, -0.15) is 0 Å². The molecule has 0 aliphatic heterocycles. The van der Waals surface area contributed by atoms with Gasteiger partial charge in [-0.25, -0.2) is 0 Å². The number of hydrogen-bond donors (Lipinski definition) is 0. The van der Waals surface area contributed by atoms with Crippen molar-refractivity contribution in [1.29, 1.82) is 0 Å². The second kappa shape index (κ2) is 19.5. The quantitative estimate of drug-likeness (QED) is 0.0562. The molecule has 4 heteroatoms. The van der Waals surface area contributed by atoms with Crippen molar-refractivity contribution in [2.45, 2.75) is 87.8 Å². The number of benzene rings is 9. The topological polar surface area (TPSA) is 43.1 Å².